The van der Waals surface area contributed by atoms with Crippen LogP contribution in [0.15, 0.2) is 24.3 Å². The molecule has 1 aromatic heterocycles. The number of amides is 1. The minimum Gasteiger partial charge on any atom is -0.322 e. The zero-order chi connectivity index (χ0) is 17.1. The highest BCUT2D eigenvalue weighted by molar-refractivity contribution is 6.30. The third kappa shape index (κ3) is 4.12. The summed E-state index contributed by atoms with van der Waals surface area (Å²) in [4.78, 5) is 14.5. The van der Waals surface area contributed by atoms with E-state index in [0.717, 1.165) is 22.6 Å². The van der Waals surface area contributed by atoms with Crippen LogP contribution in [0.1, 0.15) is 23.9 Å². The Labute approximate surface area is 142 Å². The van der Waals surface area contributed by atoms with E-state index < -0.39 is 0 Å². The summed E-state index contributed by atoms with van der Waals surface area (Å²) >= 11 is 6.01. The van der Waals surface area contributed by atoms with Crippen LogP contribution in [0.4, 0.5) is 5.69 Å². The smallest absolute Gasteiger partial charge is 0.241 e. The van der Waals surface area contributed by atoms with E-state index in [1.807, 2.05) is 64.0 Å². The molecular weight excluding hydrogens is 312 g/mol. The number of rotatable bonds is 5. The van der Waals surface area contributed by atoms with Crippen LogP contribution in [0, 0.1) is 13.8 Å². The van der Waals surface area contributed by atoms with Gasteiger partial charge in [-0.3, -0.25) is 14.4 Å². The highest BCUT2D eigenvalue weighted by Gasteiger charge is 2.21. The molecule has 0 saturated carbocycles. The summed E-state index contributed by atoms with van der Waals surface area (Å²) in [5.41, 5.74) is 3.64. The largest absolute Gasteiger partial charge is 0.322 e. The zero-order valence-corrected chi connectivity index (χ0v) is 15.0. The number of hydrogen-bond donors (Lipinski definition) is 1. The number of carbonyl (C=O) groups is 1. The fourth-order valence-electron chi connectivity index (χ4n) is 2.44. The maximum atomic E-state index is 12.5. The van der Waals surface area contributed by atoms with Gasteiger partial charge in [0.1, 0.15) is 0 Å². The van der Waals surface area contributed by atoms with E-state index in [1.54, 1.807) is 4.68 Å². The van der Waals surface area contributed by atoms with Gasteiger partial charge in [0, 0.05) is 18.6 Å². The molecule has 0 aliphatic carbocycles. The van der Waals surface area contributed by atoms with Crippen molar-refractivity contribution >= 4 is 23.2 Å². The standard InChI is InChI=1S/C17H23ClN4O/c1-11-16(12(2)22(5)20-11)19-17(23)13(3)21(4)10-14-7-6-8-15(18)9-14/h6-9,13H,10H2,1-5H3,(H,19,23)/t13-/m1/s1. The second-order valence-corrected chi connectivity index (χ2v) is 6.32. The van der Waals surface area contributed by atoms with Crippen molar-refractivity contribution in [3.05, 3.63) is 46.2 Å². The van der Waals surface area contributed by atoms with E-state index in [2.05, 4.69) is 10.4 Å². The summed E-state index contributed by atoms with van der Waals surface area (Å²) in [6.07, 6.45) is 0. The maximum Gasteiger partial charge on any atom is 0.241 e. The van der Waals surface area contributed by atoms with Crippen molar-refractivity contribution in [1.29, 1.82) is 0 Å². The molecule has 0 fully saturated rings. The molecule has 0 aliphatic rings. The van der Waals surface area contributed by atoms with E-state index in [1.165, 1.54) is 0 Å². The number of anilines is 1. The SMILES string of the molecule is Cc1nn(C)c(C)c1NC(=O)[C@@H](C)N(C)Cc1cccc(Cl)c1. The van der Waals surface area contributed by atoms with Gasteiger partial charge >= 0.3 is 0 Å². The Balaban J connectivity index is 2.04. The van der Waals surface area contributed by atoms with E-state index in [9.17, 15) is 4.79 Å². The molecule has 1 amide bonds. The minimum atomic E-state index is -0.270. The summed E-state index contributed by atoms with van der Waals surface area (Å²) in [5, 5.41) is 8.01. The Kier molecular flexibility index (Phi) is 5.44. The molecule has 0 radical (unpaired) electrons. The van der Waals surface area contributed by atoms with Gasteiger partial charge in [0.2, 0.25) is 5.91 Å². The quantitative estimate of drug-likeness (QED) is 0.913. The van der Waals surface area contributed by atoms with Gasteiger partial charge in [0.15, 0.2) is 0 Å². The topological polar surface area (TPSA) is 50.2 Å². The highest BCUT2D eigenvalue weighted by Crippen LogP contribution is 2.19. The summed E-state index contributed by atoms with van der Waals surface area (Å²) < 4.78 is 1.77. The van der Waals surface area contributed by atoms with Crippen molar-refractivity contribution in [2.45, 2.75) is 33.4 Å². The third-order valence-electron chi connectivity index (χ3n) is 4.12. The molecule has 0 unspecified atom stereocenters. The number of hydrogen-bond acceptors (Lipinski definition) is 3. The van der Waals surface area contributed by atoms with Gasteiger partial charge in [0.25, 0.3) is 0 Å². The van der Waals surface area contributed by atoms with Gasteiger partial charge < -0.3 is 5.32 Å². The van der Waals surface area contributed by atoms with E-state index >= 15 is 0 Å². The normalized spacial score (nSPS) is 12.5. The van der Waals surface area contributed by atoms with Crippen LogP contribution < -0.4 is 5.32 Å². The van der Waals surface area contributed by atoms with Crippen molar-refractivity contribution in [3.63, 3.8) is 0 Å². The van der Waals surface area contributed by atoms with Crippen molar-refractivity contribution in [2.75, 3.05) is 12.4 Å². The molecule has 1 N–H and O–H groups in total. The molecule has 1 heterocycles. The first-order valence-electron chi connectivity index (χ1n) is 7.55. The molecule has 0 aliphatic heterocycles. The number of halogens is 1. The lowest BCUT2D eigenvalue weighted by Crippen LogP contribution is -2.39. The van der Waals surface area contributed by atoms with Gasteiger partial charge in [-0.05, 0) is 45.5 Å². The highest BCUT2D eigenvalue weighted by atomic mass is 35.5. The first kappa shape index (κ1) is 17.5. The first-order chi connectivity index (χ1) is 10.8. The summed E-state index contributed by atoms with van der Waals surface area (Å²) in [6.45, 7) is 6.37. The van der Waals surface area contributed by atoms with Crippen LogP contribution in [0.5, 0.6) is 0 Å². The van der Waals surface area contributed by atoms with Crippen molar-refractivity contribution < 1.29 is 4.79 Å². The lowest BCUT2D eigenvalue weighted by molar-refractivity contribution is -0.120. The minimum absolute atomic E-state index is 0.0475. The number of nitrogens with zero attached hydrogens (tertiary/aromatic N) is 3. The van der Waals surface area contributed by atoms with Gasteiger partial charge in [-0.25, -0.2) is 0 Å². The van der Waals surface area contributed by atoms with Gasteiger partial charge in [-0.15, -0.1) is 0 Å². The Hall–Kier alpha value is -1.85. The Bertz CT molecular complexity index is 711. The van der Waals surface area contributed by atoms with Crippen LogP contribution in [-0.4, -0.2) is 33.7 Å². The number of benzene rings is 1. The molecular formula is C17H23ClN4O. The molecule has 5 nitrogen and oxygen atoms in total. The number of aryl methyl sites for hydroxylation is 2. The molecule has 124 valence electrons. The van der Waals surface area contributed by atoms with Crippen LogP contribution in [-0.2, 0) is 18.4 Å². The molecule has 2 aromatic rings. The number of aromatic nitrogens is 2. The van der Waals surface area contributed by atoms with Gasteiger partial charge in [-0.2, -0.15) is 5.10 Å². The number of likely N-dealkylation sites (N-methyl/N-ethyl adjacent to an activating group) is 1. The van der Waals surface area contributed by atoms with E-state index in [-0.39, 0.29) is 11.9 Å². The number of carbonyl (C=O) groups excluding carboxylic acids is 1. The predicted octanol–water partition coefficient (Wildman–Crippen LogP) is 3.15. The lowest BCUT2D eigenvalue weighted by atomic mass is 10.2. The van der Waals surface area contributed by atoms with Crippen LogP contribution in [0.25, 0.3) is 0 Å². The molecule has 0 spiro atoms. The fourth-order valence-corrected chi connectivity index (χ4v) is 2.66. The second kappa shape index (κ2) is 7.15. The van der Waals surface area contributed by atoms with Crippen LogP contribution in [0.2, 0.25) is 5.02 Å². The van der Waals surface area contributed by atoms with Crippen molar-refractivity contribution in [2.24, 2.45) is 7.05 Å². The van der Waals surface area contributed by atoms with Crippen molar-refractivity contribution in [1.82, 2.24) is 14.7 Å². The predicted molar refractivity (Wildman–Crippen MR) is 93.7 cm³/mol. The zero-order valence-electron chi connectivity index (χ0n) is 14.2. The second-order valence-electron chi connectivity index (χ2n) is 5.88. The fraction of sp³-hybridized carbons (Fsp3) is 0.412. The monoisotopic (exact) mass is 334 g/mol. The van der Waals surface area contributed by atoms with Gasteiger partial charge in [-0.1, -0.05) is 23.7 Å². The third-order valence-corrected chi connectivity index (χ3v) is 4.35. The molecule has 1 atom stereocenters. The average Bonchev–Trinajstić information content (AvgIpc) is 2.72. The van der Waals surface area contributed by atoms with E-state index in [0.29, 0.717) is 11.6 Å². The molecule has 0 saturated heterocycles. The van der Waals surface area contributed by atoms with E-state index in [4.69, 9.17) is 11.6 Å². The Morgan fingerprint density at radius 1 is 1.43 bits per heavy atom. The summed E-state index contributed by atoms with van der Waals surface area (Å²) in [6, 6.07) is 7.40. The summed E-state index contributed by atoms with van der Waals surface area (Å²) in [7, 11) is 3.79. The molecule has 2 rings (SSSR count). The first-order valence-corrected chi connectivity index (χ1v) is 7.93. The molecule has 0 bridgehead atoms. The van der Waals surface area contributed by atoms with Crippen LogP contribution in [0.3, 0.4) is 0 Å². The maximum absolute atomic E-state index is 12.5. The molecule has 1 aromatic carbocycles. The summed E-state index contributed by atoms with van der Waals surface area (Å²) in [5.74, 6) is -0.0475. The average molecular weight is 335 g/mol. The Morgan fingerprint density at radius 2 is 2.13 bits per heavy atom. The van der Waals surface area contributed by atoms with Crippen LogP contribution >= 0.6 is 11.6 Å². The van der Waals surface area contributed by atoms with Gasteiger partial charge in [0.05, 0.1) is 23.1 Å². The van der Waals surface area contributed by atoms with Crippen molar-refractivity contribution in [3.8, 4) is 0 Å². The lowest BCUT2D eigenvalue weighted by Gasteiger charge is -2.24. The molecule has 23 heavy (non-hydrogen) atoms. The Morgan fingerprint density at radius 3 is 2.70 bits per heavy atom. The molecule has 6 heteroatoms. The number of nitrogens with one attached hydrogen (secondary N) is 1.